The van der Waals surface area contributed by atoms with Gasteiger partial charge in [-0.05, 0) is 24.3 Å². The fraction of sp³-hybridized carbons (Fsp3) is 0.318. The molecule has 3 heterocycles. The van der Waals surface area contributed by atoms with Gasteiger partial charge in [0, 0.05) is 38.1 Å². The molecule has 0 aliphatic carbocycles. The summed E-state index contributed by atoms with van der Waals surface area (Å²) in [6.45, 7) is 0.488. The van der Waals surface area contributed by atoms with Crippen molar-refractivity contribution < 1.29 is 14.6 Å². The third-order valence-corrected chi connectivity index (χ3v) is 5.47. The first-order valence-electron chi connectivity index (χ1n) is 10.2. The molecule has 0 aliphatic heterocycles. The molecule has 1 aromatic carbocycles. The molecular weight excluding hydrogens is 413 g/mol. The Labute approximate surface area is 183 Å². The van der Waals surface area contributed by atoms with E-state index in [-0.39, 0.29) is 18.8 Å². The smallest absolute Gasteiger partial charge is 0.156 e. The number of aromatic nitrogens is 4. The molecule has 0 saturated heterocycles. The van der Waals surface area contributed by atoms with Crippen molar-refractivity contribution >= 4 is 27.9 Å². The Hall–Kier alpha value is -3.52. The van der Waals surface area contributed by atoms with Gasteiger partial charge in [0.15, 0.2) is 5.82 Å². The van der Waals surface area contributed by atoms with E-state index in [9.17, 15) is 19.9 Å². The molecule has 4 N–H and O–H groups in total. The number of anilines is 1. The number of aliphatic hydroxyl groups is 2. The number of nitrogens with one attached hydrogen (secondary N) is 2. The number of halogens is 1. The van der Waals surface area contributed by atoms with E-state index in [2.05, 4.69) is 15.6 Å². The molecule has 9 nitrogen and oxygen atoms in total. The quantitative estimate of drug-likeness (QED) is 0.330. The van der Waals surface area contributed by atoms with Gasteiger partial charge in [-0.25, -0.2) is 14.4 Å². The lowest BCUT2D eigenvalue weighted by Crippen LogP contribution is -2.37. The van der Waals surface area contributed by atoms with E-state index < -0.39 is 11.9 Å². The topological polar surface area (TPSA) is 124 Å². The van der Waals surface area contributed by atoms with Gasteiger partial charge < -0.3 is 30.0 Å². The predicted molar refractivity (Wildman–Crippen MR) is 120 cm³/mol. The Morgan fingerprint density at radius 1 is 1.22 bits per heavy atom. The van der Waals surface area contributed by atoms with E-state index in [1.54, 1.807) is 19.4 Å². The van der Waals surface area contributed by atoms with Crippen LogP contribution in [-0.2, 0) is 13.6 Å². The van der Waals surface area contributed by atoms with E-state index >= 15 is 0 Å². The Bertz CT molecular complexity index is 1320. The second-order valence-electron chi connectivity index (χ2n) is 7.54. The molecular formula is C22H24FN7O2. The molecule has 0 spiro atoms. The van der Waals surface area contributed by atoms with Crippen LogP contribution in [0.5, 0.6) is 0 Å². The van der Waals surface area contributed by atoms with Crippen LogP contribution >= 0.6 is 0 Å². The van der Waals surface area contributed by atoms with Crippen LogP contribution in [0.1, 0.15) is 5.56 Å². The minimum atomic E-state index is -0.496. The number of rotatable bonds is 8. The van der Waals surface area contributed by atoms with Crippen LogP contribution < -0.4 is 10.6 Å². The molecule has 32 heavy (non-hydrogen) atoms. The number of hydrogen-bond donors (Lipinski definition) is 4. The maximum atomic E-state index is 14.3. The van der Waals surface area contributed by atoms with Gasteiger partial charge in [0.05, 0.1) is 48.4 Å². The van der Waals surface area contributed by atoms with E-state index in [4.69, 9.17) is 4.98 Å². The molecule has 3 aromatic heterocycles. The molecule has 4 rings (SSSR count). The highest BCUT2D eigenvalue weighted by atomic mass is 19.1. The molecule has 166 valence electrons. The maximum Gasteiger partial charge on any atom is 0.156 e. The standard InChI is InChI=1S/C22H24FN7O2/c1-25-21-19-20(29(2)12-27-19)17-8-18(14-5-13(9-24)6-15(23)7-14)30(22(17)28-21)4-3-26-16(10-31)11-32/h5-8,12,16,26,31-32H,3-4,10-11H2,1-2H3,(H,25,28). The maximum absolute atomic E-state index is 14.3. The molecule has 0 saturated carbocycles. The number of aryl methyl sites for hydroxylation is 1. The average Bonchev–Trinajstić information content (AvgIpc) is 3.36. The Morgan fingerprint density at radius 2 is 2.00 bits per heavy atom. The monoisotopic (exact) mass is 437 g/mol. The highest BCUT2D eigenvalue weighted by Crippen LogP contribution is 2.34. The second kappa shape index (κ2) is 8.92. The zero-order chi connectivity index (χ0) is 22.8. The number of nitrogens with zero attached hydrogens (tertiary/aromatic N) is 5. The summed E-state index contributed by atoms with van der Waals surface area (Å²) in [7, 11) is 3.67. The first kappa shape index (κ1) is 21.7. The van der Waals surface area contributed by atoms with Crippen LogP contribution in [0.25, 0.3) is 33.3 Å². The molecule has 0 unspecified atom stereocenters. The zero-order valence-corrected chi connectivity index (χ0v) is 17.8. The van der Waals surface area contributed by atoms with Crippen molar-refractivity contribution in [2.45, 2.75) is 12.6 Å². The number of pyridine rings is 1. The van der Waals surface area contributed by atoms with Gasteiger partial charge in [-0.15, -0.1) is 0 Å². The predicted octanol–water partition coefficient (Wildman–Crippen LogP) is 1.59. The van der Waals surface area contributed by atoms with E-state index in [0.717, 1.165) is 16.4 Å². The molecule has 0 fully saturated rings. The minimum absolute atomic E-state index is 0.191. The number of aliphatic hydroxyl groups excluding tert-OH is 2. The SMILES string of the molecule is CNc1nc2c(cc(-c3cc(F)cc(C#N)c3)n2CCNC(CO)CO)c2c1ncn2C. The lowest BCUT2D eigenvalue weighted by molar-refractivity contribution is 0.170. The minimum Gasteiger partial charge on any atom is -0.395 e. The van der Waals surface area contributed by atoms with Gasteiger partial charge in [0.1, 0.15) is 17.0 Å². The fourth-order valence-corrected chi connectivity index (χ4v) is 3.92. The Kier molecular flexibility index (Phi) is 6.05. The number of imidazole rings is 1. The van der Waals surface area contributed by atoms with Crippen molar-refractivity contribution in [1.82, 2.24) is 24.4 Å². The van der Waals surface area contributed by atoms with Crippen LogP contribution in [0, 0.1) is 17.1 Å². The number of fused-ring (bicyclic) bond motifs is 3. The van der Waals surface area contributed by atoms with Gasteiger partial charge in [-0.2, -0.15) is 5.26 Å². The summed E-state index contributed by atoms with van der Waals surface area (Å²) in [5.41, 5.74) is 3.77. The zero-order valence-electron chi connectivity index (χ0n) is 17.8. The molecule has 0 amide bonds. The van der Waals surface area contributed by atoms with Crippen molar-refractivity contribution in [2.24, 2.45) is 7.05 Å². The summed E-state index contributed by atoms with van der Waals surface area (Å²) < 4.78 is 18.1. The van der Waals surface area contributed by atoms with Crippen molar-refractivity contribution in [2.75, 3.05) is 32.1 Å². The molecule has 0 atom stereocenters. The lowest BCUT2D eigenvalue weighted by Gasteiger charge is -2.16. The number of nitriles is 1. The molecule has 4 aromatic rings. The van der Waals surface area contributed by atoms with Gasteiger partial charge in [-0.1, -0.05) is 0 Å². The third kappa shape index (κ3) is 3.78. The normalized spacial score (nSPS) is 11.5. The number of hydrogen-bond acceptors (Lipinski definition) is 7. The summed E-state index contributed by atoms with van der Waals surface area (Å²) in [6, 6.07) is 7.72. The first-order chi connectivity index (χ1) is 15.5. The summed E-state index contributed by atoms with van der Waals surface area (Å²) in [6.07, 6.45) is 1.72. The Morgan fingerprint density at radius 3 is 2.69 bits per heavy atom. The fourth-order valence-electron chi connectivity index (χ4n) is 3.92. The van der Waals surface area contributed by atoms with Gasteiger partial charge in [0.2, 0.25) is 0 Å². The van der Waals surface area contributed by atoms with Crippen LogP contribution in [0.3, 0.4) is 0 Å². The van der Waals surface area contributed by atoms with Gasteiger partial charge in [-0.3, -0.25) is 0 Å². The van der Waals surface area contributed by atoms with E-state index in [1.807, 2.05) is 28.3 Å². The summed E-state index contributed by atoms with van der Waals surface area (Å²) >= 11 is 0. The number of benzene rings is 1. The van der Waals surface area contributed by atoms with Gasteiger partial charge >= 0.3 is 0 Å². The summed E-state index contributed by atoms with van der Waals surface area (Å²) in [5.74, 6) is 0.122. The van der Waals surface area contributed by atoms with Crippen molar-refractivity contribution in [3.8, 4) is 17.3 Å². The largest absolute Gasteiger partial charge is 0.395 e. The van der Waals surface area contributed by atoms with Crippen molar-refractivity contribution in [3.05, 3.63) is 42.0 Å². The highest BCUT2D eigenvalue weighted by molar-refractivity contribution is 6.07. The van der Waals surface area contributed by atoms with E-state index in [1.165, 1.54) is 12.1 Å². The second-order valence-corrected chi connectivity index (χ2v) is 7.54. The van der Waals surface area contributed by atoms with Crippen LogP contribution in [0.15, 0.2) is 30.6 Å². The molecule has 0 bridgehead atoms. The highest BCUT2D eigenvalue weighted by Gasteiger charge is 2.20. The Balaban J connectivity index is 1.93. The van der Waals surface area contributed by atoms with Gasteiger partial charge in [0.25, 0.3) is 0 Å². The molecule has 0 radical (unpaired) electrons. The first-order valence-corrected chi connectivity index (χ1v) is 10.2. The van der Waals surface area contributed by atoms with Crippen LogP contribution in [0.2, 0.25) is 0 Å². The third-order valence-electron chi connectivity index (χ3n) is 5.47. The van der Waals surface area contributed by atoms with Crippen molar-refractivity contribution in [1.29, 1.82) is 5.26 Å². The van der Waals surface area contributed by atoms with Crippen LogP contribution in [-0.4, -0.2) is 62.2 Å². The van der Waals surface area contributed by atoms with E-state index in [0.29, 0.717) is 35.8 Å². The summed E-state index contributed by atoms with van der Waals surface area (Å²) in [4.78, 5) is 9.23. The molecule has 10 heteroatoms. The average molecular weight is 437 g/mol. The van der Waals surface area contributed by atoms with Crippen molar-refractivity contribution in [3.63, 3.8) is 0 Å². The lowest BCUT2D eigenvalue weighted by atomic mass is 10.1. The van der Waals surface area contributed by atoms with Crippen LogP contribution in [0.4, 0.5) is 10.2 Å². The molecule has 0 aliphatic rings. The summed E-state index contributed by atoms with van der Waals surface area (Å²) in [5, 5.41) is 35.0.